The van der Waals surface area contributed by atoms with Crippen LogP contribution in [0.1, 0.15) is 62.9 Å². The van der Waals surface area contributed by atoms with Crippen LogP contribution in [0.15, 0.2) is 340 Å². The molecule has 2 aliphatic carbocycles. The molecule has 0 amide bonds. The molecule has 3 atom stereocenters. The number of para-hydroxylation sites is 3. The molecule has 1 fully saturated rings. The van der Waals surface area contributed by atoms with Gasteiger partial charge in [0, 0.05) is 197 Å². The number of methoxy groups -OCH3 is 4. The molecule has 5 aromatic heterocycles. The van der Waals surface area contributed by atoms with E-state index in [0.717, 1.165) is 167 Å². The summed E-state index contributed by atoms with van der Waals surface area (Å²) in [5, 5.41) is 15.6. The second-order valence-corrected chi connectivity index (χ2v) is 33.4. The molecule has 5 heterocycles. The van der Waals surface area contributed by atoms with Crippen molar-refractivity contribution in [3.8, 4) is 34.1 Å². The molecule has 14 heteroatoms. The fraction of sp³-hybridized carbons (Fsp3) is 0.143. The van der Waals surface area contributed by atoms with E-state index >= 15 is 0 Å². The van der Waals surface area contributed by atoms with Crippen LogP contribution in [0.2, 0.25) is 0 Å². The van der Waals surface area contributed by atoms with Crippen LogP contribution in [-0.2, 0) is 19.6 Å². The summed E-state index contributed by atoms with van der Waals surface area (Å²) in [6, 6.07) is 126. The molecule has 0 spiro atoms. The maximum Gasteiger partial charge on any atom is 0.119 e. The van der Waals surface area contributed by atoms with Gasteiger partial charge in [0.1, 0.15) is 23.0 Å². The van der Waals surface area contributed by atoms with Crippen molar-refractivity contribution in [2.75, 3.05) is 55.1 Å². The first-order valence-corrected chi connectivity index (χ1v) is 44.0. The molecule has 14 nitrogen and oxygen atoms in total. The van der Waals surface area contributed by atoms with Crippen LogP contribution in [0.5, 0.6) is 23.0 Å². The number of nitrogens with zero attached hydrogens (tertiary/aromatic N) is 9. The largest absolute Gasteiger partial charge is 0.497 e. The van der Waals surface area contributed by atoms with Crippen LogP contribution < -0.4 is 43.9 Å². The molecule has 0 bridgehead atoms. The molecule has 2 aliphatic rings. The zero-order valence-electron chi connectivity index (χ0n) is 71.8. The van der Waals surface area contributed by atoms with E-state index in [2.05, 4.69) is 415 Å². The molecule has 0 saturated heterocycles. The monoisotopic (exact) mass is 1640 g/mol. The van der Waals surface area contributed by atoms with Crippen molar-refractivity contribution in [2.24, 2.45) is 0 Å². The number of fused-ring (bicyclic) bond motifs is 18. The van der Waals surface area contributed by atoms with Gasteiger partial charge in [-0.15, -0.1) is 0 Å². The van der Waals surface area contributed by atoms with Crippen LogP contribution >= 0.6 is 0 Å². The third-order valence-electron chi connectivity index (χ3n) is 27.2. The first-order chi connectivity index (χ1) is 62.1. The lowest BCUT2D eigenvalue weighted by Gasteiger charge is -2.41. The van der Waals surface area contributed by atoms with Gasteiger partial charge >= 0.3 is 0 Å². The third kappa shape index (κ3) is 11.9. The lowest BCUT2D eigenvalue weighted by Crippen LogP contribution is -2.31. The smallest absolute Gasteiger partial charge is 0.119 e. The number of nitrogens with one attached hydrogen (secondary N) is 1. The van der Waals surface area contributed by atoms with E-state index in [1.54, 1.807) is 28.4 Å². The highest BCUT2D eigenvalue weighted by Crippen LogP contribution is 2.55. The number of benzene rings is 16. The molecule has 3 unspecified atom stereocenters. The number of ether oxygens (including phenoxy) is 4. The summed E-state index contributed by atoms with van der Waals surface area (Å²) in [5.41, 5.74) is 29.4. The average molecular weight is 1640 g/mol. The van der Waals surface area contributed by atoms with Gasteiger partial charge in [0.2, 0.25) is 0 Å². The van der Waals surface area contributed by atoms with Gasteiger partial charge in [-0.25, -0.2) is 0 Å². The predicted octanol–water partition coefficient (Wildman–Crippen LogP) is 29.1. The molecule has 0 aliphatic heterocycles. The van der Waals surface area contributed by atoms with Crippen LogP contribution in [0.4, 0.5) is 68.2 Å². The van der Waals surface area contributed by atoms with E-state index in [0.29, 0.717) is 0 Å². The predicted molar refractivity (Wildman–Crippen MR) is 524 cm³/mol. The molecule has 616 valence electrons. The summed E-state index contributed by atoms with van der Waals surface area (Å²) in [6.45, 7) is 9.28. The Hall–Kier alpha value is -15.1. The van der Waals surface area contributed by atoms with E-state index in [1.807, 2.05) is 0 Å². The zero-order valence-corrected chi connectivity index (χ0v) is 71.8. The van der Waals surface area contributed by atoms with Gasteiger partial charge in [-0.2, -0.15) is 0 Å². The minimum atomic E-state index is 0.00553. The molecular formula is C112H94N10O4. The topological polar surface area (TPSA) is 86.6 Å². The summed E-state index contributed by atoms with van der Waals surface area (Å²) in [6.07, 6.45) is 1.89. The normalized spacial score (nSPS) is 14.3. The second-order valence-electron chi connectivity index (χ2n) is 33.4. The van der Waals surface area contributed by atoms with E-state index in [9.17, 15) is 0 Å². The number of hydrogen-bond donors (Lipinski definition) is 1. The Morgan fingerprint density at radius 3 is 0.770 bits per heavy atom. The third-order valence-corrected chi connectivity index (χ3v) is 27.2. The first-order valence-electron chi connectivity index (χ1n) is 44.0. The lowest BCUT2D eigenvalue weighted by atomic mass is 9.85. The first kappa shape index (κ1) is 75.8. The standard InChI is InChI=1S/C112H94N10O4/c1-9-114-100-25-17-14-21-87(100)93-63-75(37-53-103(93)114)118(71-30-46-83(124-6)47-31-71)79-41-57-107-97(67-79)96-66-78(117(70-28-44-82(123-5)45-29-70)74-36-52-91-92(62-74)86-20-12-13-24-90(86)112(91)113-4)40-56-106(96)121(107)110-60-61-111(110)122-108-58-42-80(119(72-32-48-84(125-7)49-33-72)76-38-54-104-94(64-76)88-22-15-18-26-101(88)115(104)10-2)68-98(108)99-69-81(43-59-109(99)122)120(73-34-50-85(126-8)51-35-73)77-39-55-105-95(65-77)89-23-16-19-27-102(89)116(105)11-3/h12-59,62-69,110-113H,9-11,60-61H2,1-8H3. The SMILES string of the molecule is CCn1c2ccccc2c2cc(N(c3ccc(OC)cc3)c3ccc4c(c3)c3cc(N(c5ccc(OC)cc5)c5ccc6c(c5)-c5ccccc5C6NC)ccc3n4C3CCC3n3c4ccc(N(c5ccc(OC)cc5)c5ccc6c(c5)c5ccccc5n6CC)cc4c4cc(N(c5ccc(OC)cc5)c5ccc6c(c5)c5ccccc5n6CC)ccc43)ccc21. The second kappa shape index (κ2) is 30.4. The van der Waals surface area contributed by atoms with Crippen molar-refractivity contribution in [2.45, 2.75) is 71.4 Å². The summed E-state index contributed by atoms with van der Waals surface area (Å²) in [4.78, 5) is 9.72. The van der Waals surface area contributed by atoms with E-state index in [4.69, 9.17) is 18.9 Å². The zero-order chi connectivity index (χ0) is 84.7. The van der Waals surface area contributed by atoms with Crippen molar-refractivity contribution in [1.29, 1.82) is 0 Å². The fourth-order valence-corrected chi connectivity index (χ4v) is 21.3. The van der Waals surface area contributed by atoms with E-state index < -0.39 is 0 Å². The minimum Gasteiger partial charge on any atom is -0.497 e. The summed E-state index contributed by atoms with van der Waals surface area (Å²) in [7, 11) is 9.01. The van der Waals surface area contributed by atoms with Crippen LogP contribution in [0.3, 0.4) is 0 Å². The highest BCUT2D eigenvalue weighted by molar-refractivity contribution is 6.16. The van der Waals surface area contributed by atoms with Crippen molar-refractivity contribution in [1.82, 2.24) is 28.2 Å². The quantitative estimate of drug-likeness (QED) is 0.0713. The number of anilines is 12. The number of aromatic nitrogens is 5. The Labute approximate surface area is 731 Å². The van der Waals surface area contributed by atoms with E-state index in [1.165, 1.54) is 87.7 Å². The van der Waals surface area contributed by atoms with Crippen molar-refractivity contribution in [3.05, 3.63) is 351 Å². The molecule has 16 aromatic carbocycles. The van der Waals surface area contributed by atoms with Crippen LogP contribution in [0.25, 0.3) is 120 Å². The molecule has 23 rings (SSSR count). The van der Waals surface area contributed by atoms with Gasteiger partial charge in [0.05, 0.1) is 46.6 Å². The molecule has 126 heavy (non-hydrogen) atoms. The van der Waals surface area contributed by atoms with Crippen LogP contribution in [-0.4, -0.2) is 58.3 Å². The fourth-order valence-electron chi connectivity index (χ4n) is 21.3. The Kier molecular flexibility index (Phi) is 18.3. The molecule has 0 radical (unpaired) electrons. The Morgan fingerprint density at radius 2 is 0.484 bits per heavy atom. The maximum atomic E-state index is 5.88. The summed E-state index contributed by atoms with van der Waals surface area (Å²) < 4.78 is 36.2. The maximum absolute atomic E-state index is 5.88. The number of hydrogen-bond acceptors (Lipinski definition) is 9. The Bertz CT molecular complexity index is 7660. The molecule has 1 saturated carbocycles. The van der Waals surface area contributed by atoms with Crippen molar-refractivity contribution in [3.63, 3.8) is 0 Å². The van der Waals surface area contributed by atoms with Crippen molar-refractivity contribution >= 4 is 177 Å². The van der Waals surface area contributed by atoms with Gasteiger partial charge in [0.15, 0.2) is 0 Å². The van der Waals surface area contributed by atoms with Gasteiger partial charge in [-0.1, -0.05) is 84.9 Å². The molecular weight excluding hydrogens is 1550 g/mol. The summed E-state index contributed by atoms with van der Waals surface area (Å²) in [5.74, 6) is 3.18. The van der Waals surface area contributed by atoms with Gasteiger partial charge < -0.3 is 66.7 Å². The molecule has 1 N–H and O–H groups in total. The van der Waals surface area contributed by atoms with Gasteiger partial charge in [0.25, 0.3) is 0 Å². The minimum absolute atomic E-state index is 0.00553. The van der Waals surface area contributed by atoms with E-state index in [-0.39, 0.29) is 18.1 Å². The Morgan fingerprint density at radius 1 is 0.246 bits per heavy atom. The summed E-state index contributed by atoms with van der Waals surface area (Å²) >= 11 is 0. The number of aryl methyl sites for hydroxylation is 3. The lowest BCUT2D eigenvalue weighted by molar-refractivity contribution is 0.205. The van der Waals surface area contributed by atoms with Gasteiger partial charge in [-0.3, -0.25) is 0 Å². The Balaban J connectivity index is 0.749. The van der Waals surface area contributed by atoms with Gasteiger partial charge in [-0.05, 0) is 318 Å². The van der Waals surface area contributed by atoms with Crippen molar-refractivity contribution < 1.29 is 18.9 Å². The average Bonchev–Trinajstić information content (AvgIpc) is 1.55. The highest BCUT2D eigenvalue weighted by Gasteiger charge is 2.39. The highest BCUT2D eigenvalue weighted by atomic mass is 16.5. The molecule has 21 aromatic rings. The van der Waals surface area contributed by atoms with Crippen LogP contribution in [0, 0.1) is 0 Å². The number of rotatable bonds is 22.